The van der Waals surface area contributed by atoms with Crippen LogP contribution in [0.15, 0.2) is 18.2 Å². The summed E-state index contributed by atoms with van der Waals surface area (Å²) in [6, 6.07) is 2.09. The SMILES string of the molecule is N[C@@H]1CCN(C(=O)c2ccc(F)c(C(F)(F)F)c2)C1. The Balaban J connectivity index is 2.28. The quantitative estimate of drug-likeness (QED) is 0.798. The van der Waals surface area contributed by atoms with E-state index in [-0.39, 0.29) is 11.6 Å². The van der Waals surface area contributed by atoms with Crippen molar-refractivity contribution >= 4 is 5.91 Å². The third-order valence-corrected chi connectivity index (χ3v) is 3.03. The summed E-state index contributed by atoms with van der Waals surface area (Å²) in [7, 11) is 0. The molecule has 2 N–H and O–H groups in total. The lowest BCUT2D eigenvalue weighted by molar-refractivity contribution is -0.140. The number of benzene rings is 1. The molecule has 2 rings (SSSR count). The molecule has 0 aliphatic carbocycles. The number of carbonyl (C=O) groups is 1. The lowest BCUT2D eigenvalue weighted by Gasteiger charge is -2.17. The predicted molar refractivity (Wildman–Crippen MR) is 59.9 cm³/mol. The molecule has 19 heavy (non-hydrogen) atoms. The molecule has 1 saturated heterocycles. The molecule has 7 heteroatoms. The average Bonchev–Trinajstić information content (AvgIpc) is 2.74. The Kier molecular flexibility index (Phi) is 3.49. The number of likely N-dealkylation sites (tertiary alicyclic amines) is 1. The number of hydrogen-bond acceptors (Lipinski definition) is 2. The molecule has 0 saturated carbocycles. The number of nitrogens with two attached hydrogens (primary N) is 1. The van der Waals surface area contributed by atoms with Crippen LogP contribution in [0.4, 0.5) is 17.6 Å². The Labute approximate surface area is 107 Å². The van der Waals surface area contributed by atoms with Gasteiger partial charge in [-0.05, 0) is 24.6 Å². The van der Waals surface area contributed by atoms with Gasteiger partial charge in [-0.3, -0.25) is 4.79 Å². The normalized spacial score (nSPS) is 19.8. The molecule has 1 aromatic carbocycles. The molecule has 104 valence electrons. The molecular formula is C12H12F4N2O. The van der Waals surface area contributed by atoms with Crippen LogP contribution in [-0.4, -0.2) is 29.9 Å². The van der Waals surface area contributed by atoms with Gasteiger partial charge in [-0.1, -0.05) is 0 Å². The highest BCUT2D eigenvalue weighted by molar-refractivity contribution is 5.94. The van der Waals surface area contributed by atoms with Gasteiger partial charge < -0.3 is 10.6 Å². The molecular weight excluding hydrogens is 264 g/mol. The minimum atomic E-state index is -4.82. The van der Waals surface area contributed by atoms with Gasteiger partial charge in [-0.25, -0.2) is 4.39 Å². The van der Waals surface area contributed by atoms with E-state index in [1.165, 1.54) is 4.90 Å². The lowest BCUT2D eigenvalue weighted by atomic mass is 10.1. The van der Waals surface area contributed by atoms with Crippen molar-refractivity contribution in [3.05, 3.63) is 35.1 Å². The summed E-state index contributed by atoms with van der Waals surface area (Å²) in [5.74, 6) is -1.94. The van der Waals surface area contributed by atoms with Gasteiger partial charge in [0.15, 0.2) is 0 Å². The number of carbonyl (C=O) groups excluding carboxylic acids is 1. The second kappa shape index (κ2) is 4.80. The fourth-order valence-electron chi connectivity index (χ4n) is 2.03. The standard InChI is InChI=1S/C12H12F4N2O/c13-10-2-1-7(5-9(10)12(14,15)16)11(19)18-4-3-8(17)6-18/h1-2,5,8H,3-4,6,17H2/t8-/m1/s1. The van der Waals surface area contributed by atoms with Crippen molar-refractivity contribution in [3.8, 4) is 0 Å². The van der Waals surface area contributed by atoms with E-state index in [1.807, 2.05) is 0 Å². The Morgan fingerprint density at radius 3 is 2.58 bits per heavy atom. The first kappa shape index (κ1) is 13.8. The first-order chi connectivity index (χ1) is 8.79. The fraction of sp³-hybridized carbons (Fsp3) is 0.417. The van der Waals surface area contributed by atoms with E-state index in [1.54, 1.807) is 0 Å². The van der Waals surface area contributed by atoms with E-state index >= 15 is 0 Å². The smallest absolute Gasteiger partial charge is 0.337 e. The first-order valence-electron chi connectivity index (χ1n) is 5.70. The van der Waals surface area contributed by atoms with Crippen molar-refractivity contribution in [3.63, 3.8) is 0 Å². The molecule has 0 spiro atoms. The third kappa shape index (κ3) is 2.86. The highest BCUT2D eigenvalue weighted by Gasteiger charge is 2.35. The van der Waals surface area contributed by atoms with Crippen LogP contribution in [0.25, 0.3) is 0 Å². The van der Waals surface area contributed by atoms with Crippen LogP contribution in [0.1, 0.15) is 22.3 Å². The monoisotopic (exact) mass is 276 g/mol. The fourth-order valence-corrected chi connectivity index (χ4v) is 2.03. The van der Waals surface area contributed by atoms with Gasteiger partial charge in [-0.2, -0.15) is 13.2 Å². The van der Waals surface area contributed by atoms with Crippen LogP contribution in [-0.2, 0) is 6.18 Å². The number of nitrogens with zero attached hydrogens (tertiary/aromatic N) is 1. The van der Waals surface area contributed by atoms with Crippen LogP contribution in [0, 0.1) is 5.82 Å². The van der Waals surface area contributed by atoms with Crippen LogP contribution in [0.5, 0.6) is 0 Å². The predicted octanol–water partition coefficient (Wildman–Crippen LogP) is 2.02. The molecule has 1 atom stereocenters. The minimum absolute atomic E-state index is 0.161. The molecule has 1 amide bonds. The van der Waals surface area contributed by atoms with Crippen LogP contribution >= 0.6 is 0 Å². The van der Waals surface area contributed by atoms with Crippen LogP contribution in [0.2, 0.25) is 0 Å². The maximum Gasteiger partial charge on any atom is 0.419 e. The van der Waals surface area contributed by atoms with Gasteiger partial charge in [-0.15, -0.1) is 0 Å². The van der Waals surface area contributed by atoms with Crippen LogP contribution < -0.4 is 5.73 Å². The third-order valence-electron chi connectivity index (χ3n) is 3.03. The van der Waals surface area contributed by atoms with Crippen molar-refractivity contribution in [2.45, 2.75) is 18.6 Å². The maximum atomic E-state index is 13.1. The topological polar surface area (TPSA) is 46.3 Å². The summed E-state index contributed by atoms with van der Waals surface area (Å²) >= 11 is 0. The molecule has 0 radical (unpaired) electrons. The van der Waals surface area contributed by atoms with E-state index in [9.17, 15) is 22.4 Å². The second-order valence-electron chi connectivity index (χ2n) is 4.49. The molecule has 0 bridgehead atoms. The zero-order chi connectivity index (χ0) is 14.2. The lowest BCUT2D eigenvalue weighted by Crippen LogP contribution is -2.32. The Hall–Kier alpha value is -1.63. The Morgan fingerprint density at radius 1 is 1.37 bits per heavy atom. The summed E-state index contributed by atoms with van der Waals surface area (Å²) in [6.07, 6.45) is -4.21. The van der Waals surface area contributed by atoms with E-state index in [0.717, 1.165) is 6.07 Å². The van der Waals surface area contributed by atoms with Gasteiger partial charge in [0, 0.05) is 24.7 Å². The Morgan fingerprint density at radius 2 is 2.05 bits per heavy atom. The first-order valence-corrected chi connectivity index (χ1v) is 5.70. The highest BCUT2D eigenvalue weighted by Crippen LogP contribution is 2.32. The minimum Gasteiger partial charge on any atom is -0.337 e. The van der Waals surface area contributed by atoms with Gasteiger partial charge in [0.05, 0.1) is 5.56 Å². The zero-order valence-electron chi connectivity index (χ0n) is 9.88. The van der Waals surface area contributed by atoms with Gasteiger partial charge in [0.2, 0.25) is 0 Å². The number of hydrogen-bond donors (Lipinski definition) is 1. The van der Waals surface area contributed by atoms with Crippen molar-refractivity contribution in [2.24, 2.45) is 5.73 Å². The summed E-state index contributed by atoms with van der Waals surface area (Å²) in [4.78, 5) is 13.3. The molecule has 1 aromatic rings. The van der Waals surface area contributed by atoms with E-state index in [0.29, 0.717) is 31.6 Å². The van der Waals surface area contributed by atoms with Gasteiger partial charge in [0.1, 0.15) is 5.82 Å². The number of rotatable bonds is 1. The summed E-state index contributed by atoms with van der Waals surface area (Å²) in [5.41, 5.74) is 4.02. The van der Waals surface area contributed by atoms with Crippen molar-refractivity contribution in [1.29, 1.82) is 0 Å². The second-order valence-corrected chi connectivity index (χ2v) is 4.49. The molecule has 1 fully saturated rings. The summed E-state index contributed by atoms with van der Waals surface area (Å²) in [5, 5.41) is 0. The molecule has 1 aliphatic rings. The zero-order valence-corrected chi connectivity index (χ0v) is 9.88. The molecule has 1 heterocycles. The largest absolute Gasteiger partial charge is 0.419 e. The number of amides is 1. The molecule has 0 unspecified atom stereocenters. The van der Waals surface area contributed by atoms with Gasteiger partial charge >= 0.3 is 6.18 Å². The van der Waals surface area contributed by atoms with Crippen molar-refractivity contribution < 1.29 is 22.4 Å². The maximum absolute atomic E-state index is 13.1. The molecule has 3 nitrogen and oxygen atoms in total. The summed E-state index contributed by atoms with van der Waals surface area (Å²) < 4.78 is 50.7. The van der Waals surface area contributed by atoms with E-state index in [2.05, 4.69) is 0 Å². The average molecular weight is 276 g/mol. The van der Waals surface area contributed by atoms with Crippen LogP contribution in [0.3, 0.4) is 0 Å². The Bertz CT molecular complexity index is 501. The van der Waals surface area contributed by atoms with E-state index < -0.39 is 23.5 Å². The molecule has 1 aliphatic heterocycles. The highest BCUT2D eigenvalue weighted by atomic mass is 19.4. The van der Waals surface area contributed by atoms with Crippen molar-refractivity contribution in [1.82, 2.24) is 4.90 Å². The molecule has 0 aromatic heterocycles. The number of halogens is 4. The summed E-state index contributed by atoms with van der Waals surface area (Å²) in [6.45, 7) is 0.705. The number of alkyl halides is 3. The van der Waals surface area contributed by atoms with Crippen molar-refractivity contribution in [2.75, 3.05) is 13.1 Å². The van der Waals surface area contributed by atoms with E-state index in [4.69, 9.17) is 5.73 Å². The van der Waals surface area contributed by atoms with Gasteiger partial charge in [0.25, 0.3) is 5.91 Å².